The second-order valence-electron chi connectivity index (χ2n) is 7.25. The highest BCUT2D eigenvalue weighted by Crippen LogP contribution is 2.27. The topological polar surface area (TPSA) is 12.5 Å². The minimum Gasteiger partial charge on any atom is -0.486 e. The highest BCUT2D eigenvalue weighted by molar-refractivity contribution is 6.68. The van der Waals surface area contributed by atoms with Gasteiger partial charge in [0.15, 0.2) is 0 Å². The van der Waals surface area contributed by atoms with Crippen LogP contribution in [0.15, 0.2) is 49.0 Å². The van der Waals surface area contributed by atoms with E-state index < -0.39 is 0 Å². The molecule has 0 heterocycles. The Morgan fingerprint density at radius 1 is 1.08 bits per heavy atom. The van der Waals surface area contributed by atoms with Crippen LogP contribution in [-0.4, -0.2) is 29.2 Å². The fourth-order valence-electron chi connectivity index (χ4n) is 2.41. The van der Waals surface area contributed by atoms with Gasteiger partial charge in [-0.3, -0.25) is 0 Å². The summed E-state index contributed by atoms with van der Waals surface area (Å²) >= 11 is 0. The second-order valence-corrected chi connectivity index (χ2v) is 8.61. The van der Waals surface area contributed by atoms with Gasteiger partial charge in [0.25, 0.3) is 0 Å². The van der Waals surface area contributed by atoms with E-state index in [4.69, 9.17) is 4.74 Å². The average Bonchev–Trinajstić information content (AvgIpc) is 2.47. The monoisotopic (exact) mass is 337 g/mol. The molecule has 0 bridgehead atoms. The first-order chi connectivity index (χ1) is 11.2. The van der Waals surface area contributed by atoms with Crippen molar-refractivity contribution in [1.82, 2.24) is 0 Å². The van der Waals surface area contributed by atoms with Crippen molar-refractivity contribution in [2.45, 2.75) is 33.3 Å². The summed E-state index contributed by atoms with van der Waals surface area (Å²) in [4.78, 5) is 2.11. The van der Waals surface area contributed by atoms with Crippen molar-refractivity contribution in [3.05, 3.63) is 54.6 Å². The molecule has 0 amide bonds. The van der Waals surface area contributed by atoms with E-state index in [2.05, 4.69) is 88.8 Å². The van der Waals surface area contributed by atoms with Gasteiger partial charge in [-0.1, -0.05) is 53.7 Å². The Kier molecular flexibility index (Phi) is 5.55. The molecule has 0 fully saturated rings. The van der Waals surface area contributed by atoms with Crippen LogP contribution in [0.4, 0.5) is 5.69 Å². The van der Waals surface area contributed by atoms with Gasteiger partial charge < -0.3 is 9.64 Å². The number of anilines is 1. The summed E-state index contributed by atoms with van der Waals surface area (Å²) in [5.74, 6) is 0.981. The fraction of sp³-hybridized carbons (Fsp3) is 0.333. The van der Waals surface area contributed by atoms with E-state index in [1.165, 1.54) is 15.9 Å². The third-order valence-electron chi connectivity index (χ3n) is 3.52. The quantitative estimate of drug-likeness (QED) is 0.773. The highest BCUT2D eigenvalue weighted by Gasteiger charge is 2.19. The Labute approximate surface area is 149 Å². The Balaban J connectivity index is 2.44. The van der Waals surface area contributed by atoms with Gasteiger partial charge in [0.2, 0.25) is 0 Å². The molecule has 0 unspecified atom stereocenters. The Morgan fingerprint density at radius 3 is 2.33 bits per heavy atom. The molecule has 0 aromatic heterocycles. The molecule has 2 radical (unpaired) electrons. The molecule has 0 N–H and O–H groups in total. The summed E-state index contributed by atoms with van der Waals surface area (Å²) in [5, 5.41) is 2.53. The molecule has 2 rings (SSSR count). The molecule has 0 saturated heterocycles. The Hall–Kier alpha value is -2.00. The van der Waals surface area contributed by atoms with Crippen molar-refractivity contribution in [2.75, 3.05) is 19.0 Å². The van der Waals surface area contributed by atoms with Crippen molar-refractivity contribution in [3.63, 3.8) is 0 Å². The lowest BCUT2D eigenvalue weighted by Gasteiger charge is -2.27. The summed E-state index contributed by atoms with van der Waals surface area (Å²) in [6.07, 6.45) is 0. The minimum absolute atomic E-state index is 0.231. The molecule has 2 aromatic carbocycles. The van der Waals surface area contributed by atoms with Crippen LogP contribution in [0.1, 0.15) is 33.3 Å². The van der Waals surface area contributed by atoms with Gasteiger partial charge in [0.05, 0.1) is 5.69 Å². The van der Waals surface area contributed by atoms with Gasteiger partial charge in [0, 0.05) is 14.1 Å². The molecule has 0 saturated carbocycles. The first-order valence-electron chi connectivity index (χ1n) is 8.20. The van der Waals surface area contributed by atoms with Crippen LogP contribution in [0, 0.1) is 0 Å². The van der Waals surface area contributed by atoms with Crippen LogP contribution < -0.4 is 20.0 Å². The van der Waals surface area contributed by atoms with E-state index in [0.717, 1.165) is 17.0 Å². The smallest absolute Gasteiger partial charge is 0.142 e. The number of benzene rings is 2. The summed E-state index contributed by atoms with van der Waals surface area (Å²) in [6, 6.07) is 15.0. The largest absolute Gasteiger partial charge is 0.486 e. The second kappa shape index (κ2) is 7.26. The number of ether oxygens (including phenoxy) is 1. The number of rotatable bonds is 5. The number of allylic oxidation sites excluding steroid dienone is 1. The van der Waals surface area contributed by atoms with Crippen LogP contribution in [-0.2, 0) is 0 Å². The number of para-hydroxylation sites is 1. The summed E-state index contributed by atoms with van der Waals surface area (Å²) in [5.41, 5.74) is 3.17. The maximum Gasteiger partial charge on any atom is 0.142 e. The molecule has 0 aliphatic heterocycles. The van der Waals surface area contributed by atoms with Crippen molar-refractivity contribution in [3.8, 4) is 5.75 Å². The number of nitrogens with zero attached hydrogens (tertiary/aromatic N) is 1. The van der Waals surface area contributed by atoms with Gasteiger partial charge in [-0.25, -0.2) is 0 Å². The zero-order chi connectivity index (χ0) is 17.9. The predicted octanol–water partition coefficient (Wildman–Crippen LogP) is 3.62. The van der Waals surface area contributed by atoms with Crippen molar-refractivity contribution < 1.29 is 4.74 Å². The lowest BCUT2D eigenvalue weighted by Crippen LogP contribution is -2.34. The lowest BCUT2D eigenvalue weighted by molar-refractivity contribution is 0.133. The lowest BCUT2D eigenvalue weighted by atomic mass is 10.1. The highest BCUT2D eigenvalue weighted by atomic mass is 28.2. The maximum absolute atomic E-state index is 6.32. The fourth-order valence-corrected chi connectivity index (χ4v) is 3.60. The number of hydrogen-bond acceptors (Lipinski definition) is 2. The molecule has 0 aliphatic carbocycles. The standard InChI is InChI=1S/C21H27NOSi/c1-15(2)16-10-8-11-17(14-16)24-19-13-9-12-18(22(6)7)20(19)23-21(3,4)5/h8-14H,1H2,2-7H3. The van der Waals surface area contributed by atoms with Gasteiger partial charge in [0.1, 0.15) is 20.9 Å². The van der Waals surface area contributed by atoms with E-state index in [0.29, 0.717) is 9.52 Å². The van der Waals surface area contributed by atoms with Gasteiger partial charge in [-0.05, 0) is 44.5 Å². The van der Waals surface area contributed by atoms with Crippen molar-refractivity contribution in [1.29, 1.82) is 0 Å². The van der Waals surface area contributed by atoms with E-state index in [9.17, 15) is 0 Å². The minimum atomic E-state index is -0.231. The summed E-state index contributed by atoms with van der Waals surface area (Å²) in [6.45, 7) is 12.4. The Bertz CT molecular complexity index is 729. The van der Waals surface area contributed by atoms with Crippen LogP contribution in [0.5, 0.6) is 5.75 Å². The zero-order valence-corrected chi connectivity index (χ0v) is 16.6. The molecule has 3 heteroatoms. The molecule has 0 atom stereocenters. The molecule has 126 valence electrons. The molecular formula is C21H27NOSi. The SMILES string of the molecule is C=C(C)c1cccc([Si]c2cccc(N(C)C)c2OC(C)(C)C)c1. The van der Waals surface area contributed by atoms with Gasteiger partial charge >= 0.3 is 0 Å². The first kappa shape index (κ1) is 18.3. The van der Waals surface area contributed by atoms with Crippen molar-refractivity contribution >= 4 is 31.2 Å². The average molecular weight is 338 g/mol. The van der Waals surface area contributed by atoms with E-state index in [1.54, 1.807) is 0 Å². The van der Waals surface area contributed by atoms with Crippen molar-refractivity contribution in [2.24, 2.45) is 0 Å². The van der Waals surface area contributed by atoms with E-state index >= 15 is 0 Å². The van der Waals surface area contributed by atoms with Crippen LogP contribution in [0.3, 0.4) is 0 Å². The molecule has 0 aliphatic rings. The maximum atomic E-state index is 6.32. The van der Waals surface area contributed by atoms with E-state index in [-0.39, 0.29) is 5.60 Å². The molecule has 2 aromatic rings. The third-order valence-corrected chi connectivity index (χ3v) is 4.78. The molecule has 24 heavy (non-hydrogen) atoms. The van der Waals surface area contributed by atoms with E-state index in [1.807, 2.05) is 6.92 Å². The molecule has 0 spiro atoms. The van der Waals surface area contributed by atoms with Gasteiger partial charge in [-0.15, -0.1) is 0 Å². The zero-order valence-electron chi connectivity index (χ0n) is 15.6. The third kappa shape index (κ3) is 4.75. The van der Waals surface area contributed by atoms with Crippen LogP contribution in [0.25, 0.3) is 5.57 Å². The van der Waals surface area contributed by atoms with Crippen LogP contribution in [0.2, 0.25) is 0 Å². The first-order valence-corrected chi connectivity index (χ1v) is 9.20. The Morgan fingerprint density at radius 2 is 1.75 bits per heavy atom. The molecular weight excluding hydrogens is 310 g/mol. The summed E-state index contributed by atoms with van der Waals surface area (Å²) < 4.78 is 6.32. The summed E-state index contributed by atoms with van der Waals surface area (Å²) in [7, 11) is 4.66. The number of hydrogen-bond donors (Lipinski definition) is 0. The predicted molar refractivity (Wildman–Crippen MR) is 107 cm³/mol. The molecule has 2 nitrogen and oxygen atoms in total. The van der Waals surface area contributed by atoms with Gasteiger partial charge in [-0.2, -0.15) is 0 Å². The van der Waals surface area contributed by atoms with Crippen LogP contribution >= 0.6 is 0 Å². The normalized spacial score (nSPS) is 11.2.